The van der Waals surface area contributed by atoms with Crippen molar-refractivity contribution < 1.29 is 9.18 Å². The molecule has 20 heavy (non-hydrogen) atoms. The summed E-state index contributed by atoms with van der Waals surface area (Å²) in [7, 11) is 0. The first-order valence-corrected chi connectivity index (χ1v) is 7.03. The summed E-state index contributed by atoms with van der Waals surface area (Å²) in [6, 6.07) is 4.36. The minimum atomic E-state index is -0.396. The highest BCUT2D eigenvalue weighted by Gasteiger charge is 2.25. The number of likely N-dealkylation sites (tertiary alicyclic amines) is 1. The smallest absolute Gasteiger partial charge is 0.265 e. The maximum absolute atomic E-state index is 13.9. The van der Waals surface area contributed by atoms with E-state index in [9.17, 15) is 9.18 Å². The van der Waals surface area contributed by atoms with Gasteiger partial charge in [0.05, 0.1) is 0 Å². The molecule has 1 aromatic carbocycles. The monoisotopic (exact) mass is 279 g/mol. The molecule has 1 atom stereocenters. The molecule has 0 saturated carbocycles. The average molecular weight is 279 g/mol. The zero-order valence-corrected chi connectivity index (χ0v) is 12.0. The van der Waals surface area contributed by atoms with Gasteiger partial charge in [0.25, 0.3) is 5.91 Å². The number of nitrogen functional groups attached to an aromatic ring is 1. The van der Waals surface area contributed by atoms with Crippen molar-refractivity contribution >= 4 is 5.91 Å². The Morgan fingerprint density at radius 2 is 2.30 bits per heavy atom. The summed E-state index contributed by atoms with van der Waals surface area (Å²) in [4.78, 5) is 13.7. The first-order valence-electron chi connectivity index (χ1n) is 7.03. The largest absolute Gasteiger partial charge is 0.299 e. The number of carbonyl (C=O) groups excluding carboxylic acids is 1. The summed E-state index contributed by atoms with van der Waals surface area (Å²) in [6.07, 6.45) is 1.16. The number of nitrogens with two attached hydrogens (primary N) is 1. The third-order valence-corrected chi connectivity index (χ3v) is 4.08. The Balaban J connectivity index is 2.08. The Hall–Kier alpha value is -1.46. The minimum Gasteiger partial charge on any atom is -0.299 e. The fourth-order valence-electron chi connectivity index (χ4n) is 2.71. The Morgan fingerprint density at radius 1 is 1.55 bits per heavy atom. The topological polar surface area (TPSA) is 58.4 Å². The highest BCUT2D eigenvalue weighted by Crippen LogP contribution is 2.25. The SMILES string of the molecule is CC(C)C1CCN(Cc2cc(C(=O)NN)ccc2F)C1. The highest BCUT2D eigenvalue weighted by atomic mass is 19.1. The van der Waals surface area contributed by atoms with E-state index in [4.69, 9.17) is 5.84 Å². The number of halogens is 1. The van der Waals surface area contributed by atoms with Crippen molar-refractivity contribution in [1.29, 1.82) is 0 Å². The summed E-state index contributed by atoms with van der Waals surface area (Å²) >= 11 is 0. The Morgan fingerprint density at radius 3 is 2.90 bits per heavy atom. The average Bonchev–Trinajstić information content (AvgIpc) is 2.89. The maximum Gasteiger partial charge on any atom is 0.265 e. The molecule has 5 heteroatoms. The Labute approximate surface area is 119 Å². The Kier molecular flexibility index (Phi) is 4.73. The lowest BCUT2D eigenvalue weighted by atomic mass is 9.95. The van der Waals surface area contributed by atoms with Gasteiger partial charge >= 0.3 is 0 Å². The molecule has 2 rings (SSSR count). The van der Waals surface area contributed by atoms with E-state index in [1.54, 1.807) is 6.07 Å². The van der Waals surface area contributed by atoms with Crippen LogP contribution in [0.3, 0.4) is 0 Å². The van der Waals surface area contributed by atoms with Gasteiger partial charge in [-0.2, -0.15) is 0 Å². The predicted octanol–water partition coefficient (Wildman–Crippen LogP) is 1.91. The molecule has 1 saturated heterocycles. The third kappa shape index (κ3) is 3.35. The summed E-state index contributed by atoms with van der Waals surface area (Å²) in [5, 5.41) is 0. The second-order valence-corrected chi connectivity index (χ2v) is 5.81. The molecule has 1 aliphatic heterocycles. The standard InChI is InChI=1S/C15H22FN3O/c1-10(2)12-5-6-19(8-12)9-13-7-11(15(20)18-17)3-4-14(13)16/h3-4,7,10,12H,5-6,8-9,17H2,1-2H3,(H,18,20). The highest BCUT2D eigenvalue weighted by molar-refractivity contribution is 5.93. The second kappa shape index (κ2) is 6.33. The van der Waals surface area contributed by atoms with Gasteiger partial charge in [-0.1, -0.05) is 13.8 Å². The molecule has 1 unspecified atom stereocenters. The molecule has 4 nitrogen and oxygen atoms in total. The van der Waals surface area contributed by atoms with Crippen molar-refractivity contribution in [2.75, 3.05) is 13.1 Å². The lowest BCUT2D eigenvalue weighted by molar-refractivity contribution is 0.0953. The van der Waals surface area contributed by atoms with Crippen LogP contribution in [0.15, 0.2) is 18.2 Å². The fourth-order valence-corrected chi connectivity index (χ4v) is 2.71. The predicted molar refractivity (Wildman–Crippen MR) is 76.3 cm³/mol. The number of benzene rings is 1. The quantitative estimate of drug-likeness (QED) is 0.503. The summed E-state index contributed by atoms with van der Waals surface area (Å²) in [5.41, 5.74) is 3.01. The number of hydrazine groups is 1. The number of hydrogen-bond donors (Lipinski definition) is 2. The summed E-state index contributed by atoms with van der Waals surface area (Å²) in [6.45, 7) is 6.96. The molecular formula is C15H22FN3O. The first-order chi connectivity index (χ1) is 9.51. The van der Waals surface area contributed by atoms with Crippen LogP contribution in [-0.4, -0.2) is 23.9 Å². The second-order valence-electron chi connectivity index (χ2n) is 5.81. The van der Waals surface area contributed by atoms with E-state index in [2.05, 4.69) is 24.2 Å². The molecule has 1 heterocycles. The van der Waals surface area contributed by atoms with Gasteiger partial charge in [-0.25, -0.2) is 10.2 Å². The van der Waals surface area contributed by atoms with Crippen molar-refractivity contribution in [3.05, 3.63) is 35.1 Å². The van der Waals surface area contributed by atoms with Crippen LogP contribution >= 0.6 is 0 Å². The third-order valence-electron chi connectivity index (χ3n) is 4.08. The molecule has 0 aromatic heterocycles. The number of hydrogen-bond acceptors (Lipinski definition) is 3. The Bertz CT molecular complexity index is 490. The number of rotatable bonds is 4. The number of nitrogens with one attached hydrogen (secondary N) is 1. The minimum absolute atomic E-state index is 0.272. The molecule has 0 radical (unpaired) electrons. The van der Waals surface area contributed by atoms with E-state index in [0.717, 1.165) is 19.5 Å². The number of amides is 1. The van der Waals surface area contributed by atoms with Crippen molar-refractivity contribution in [3.8, 4) is 0 Å². The van der Waals surface area contributed by atoms with Crippen molar-refractivity contribution in [3.63, 3.8) is 0 Å². The molecule has 1 aliphatic rings. The molecule has 1 amide bonds. The van der Waals surface area contributed by atoms with E-state index < -0.39 is 5.91 Å². The number of carbonyl (C=O) groups is 1. The van der Waals surface area contributed by atoms with Crippen molar-refractivity contribution in [1.82, 2.24) is 10.3 Å². The van der Waals surface area contributed by atoms with Crippen LogP contribution in [0.1, 0.15) is 36.2 Å². The van der Waals surface area contributed by atoms with Crippen molar-refractivity contribution in [2.45, 2.75) is 26.8 Å². The van der Waals surface area contributed by atoms with Gasteiger partial charge in [0, 0.05) is 24.2 Å². The van der Waals surface area contributed by atoms with Crippen LogP contribution < -0.4 is 11.3 Å². The van der Waals surface area contributed by atoms with Crippen LogP contribution in [0.4, 0.5) is 4.39 Å². The summed E-state index contributed by atoms with van der Waals surface area (Å²) in [5.74, 6) is 5.76. The van der Waals surface area contributed by atoms with E-state index >= 15 is 0 Å². The van der Waals surface area contributed by atoms with Gasteiger partial charge in [0.1, 0.15) is 5.82 Å². The molecule has 1 aromatic rings. The van der Waals surface area contributed by atoms with Gasteiger partial charge in [0.15, 0.2) is 0 Å². The first kappa shape index (κ1) is 14.9. The molecule has 0 bridgehead atoms. The van der Waals surface area contributed by atoms with Crippen LogP contribution in [0.5, 0.6) is 0 Å². The lowest BCUT2D eigenvalue weighted by Crippen LogP contribution is -2.30. The maximum atomic E-state index is 13.9. The molecule has 0 spiro atoms. The normalized spacial score (nSPS) is 19.6. The van der Waals surface area contributed by atoms with E-state index in [1.807, 2.05) is 0 Å². The number of nitrogens with zero attached hydrogens (tertiary/aromatic N) is 1. The van der Waals surface area contributed by atoms with Crippen LogP contribution in [0.25, 0.3) is 0 Å². The zero-order valence-electron chi connectivity index (χ0n) is 12.0. The summed E-state index contributed by atoms with van der Waals surface area (Å²) < 4.78 is 13.9. The molecule has 0 aliphatic carbocycles. The van der Waals surface area contributed by atoms with Crippen LogP contribution in [0, 0.1) is 17.7 Å². The van der Waals surface area contributed by atoms with E-state index in [-0.39, 0.29) is 5.82 Å². The fraction of sp³-hybridized carbons (Fsp3) is 0.533. The molecular weight excluding hydrogens is 257 g/mol. The molecule has 1 fully saturated rings. The molecule has 3 N–H and O–H groups in total. The van der Waals surface area contributed by atoms with E-state index in [0.29, 0.717) is 29.5 Å². The lowest BCUT2D eigenvalue weighted by Gasteiger charge is -2.18. The van der Waals surface area contributed by atoms with Gasteiger partial charge in [-0.3, -0.25) is 15.1 Å². The van der Waals surface area contributed by atoms with Gasteiger partial charge in [-0.05, 0) is 43.0 Å². The van der Waals surface area contributed by atoms with Gasteiger partial charge in [0.2, 0.25) is 0 Å². The van der Waals surface area contributed by atoms with Crippen LogP contribution in [0.2, 0.25) is 0 Å². The van der Waals surface area contributed by atoms with E-state index in [1.165, 1.54) is 12.1 Å². The van der Waals surface area contributed by atoms with Crippen LogP contribution in [-0.2, 0) is 6.54 Å². The van der Waals surface area contributed by atoms with Gasteiger partial charge < -0.3 is 0 Å². The molecule has 110 valence electrons. The van der Waals surface area contributed by atoms with Crippen molar-refractivity contribution in [2.24, 2.45) is 17.7 Å². The zero-order chi connectivity index (χ0) is 14.7. The van der Waals surface area contributed by atoms with Gasteiger partial charge in [-0.15, -0.1) is 0 Å².